The van der Waals surface area contributed by atoms with Crippen LogP contribution in [0, 0.1) is 0 Å². The fourth-order valence-electron chi connectivity index (χ4n) is 2.16. The van der Waals surface area contributed by atoms with Crippen molar-refractivity contribution in [3.05, 3.63) is 52.5 Å². The molecule has 0 heterocycles. The van der Waals surface area contributed by atoms with Crippen LogP contribution in [0.1, 0.15) is 30.6 Å². The van der Waals surface area contributed by atoms with Crippen LogP contribution in [-0.2, 0) is 10.0 Å². The number of hydrogen-bond acceptors (Lipinski definition) is 4. The van der Waals surface area contributed by atoms with Gasteiger partial charge in [0.25, 0.3) is 15.9 Å². The topological polar surface area (TPSA) is 84.5 Å². The lowest BCUT2D eigenvalue weighted by molar-refractivity contribution is 0.0939. The van der Waals surface area contributed by atoms with Crippen molar-refractivity contribution in [2.75, 3.05) is 11.8 Å². The number of halogens is 1. The van der Waals surface area contributed by atoms with E-state index in [4.69, 9.17) is 4.74 Å². The summed E-state index contributed by atoms with van der Waals surface area (Å²) in [5.41, 5.74) is 0.677. The number of carbonyl (C=O) groups excluding carboxylic acids is 1. The summed E-state index contributed by atoms with van der Waals surface area (Å²) in [6, 6.07) is 10.8. The number of nitrogens with one attached hydrogen (secondary N) is 2. The monoisotopic (exact) mass is 440 g/mol. The maximum absolute atomic E-state index is 12.6. The highest BCUT2D eigenvalue weighted by Crippen LogP contribution is 2.29. The number of sulfonamides is 1. The Hall–Kier alpha value is -2.06. The highest BCUT2D eigenvalue weighted by atomic mass is 79.9. The van der Waals surface area contributed by atoms with Gasteiger partial charge in [0.15, 0.2) is 0 Å². The number of benzene rings is 2. The molecule has 2 aromatic carbocycles. The van der Waals surface area contributed by atoms with Crippen LogP contribution in [0.2, 0.25) is 0 Å². The Kier molecular flexibility index (Phi) is 6.66. The smallest absolute Gasteiger partial charge is 0.261 e. The molecule has 0 aliphatic carbocycles. The van der Waals surface area contributed by atoms with Gasteiger partial charge in [-0.3, -0.25) is 9.52 Å². The first-order valence-corrected chi connectivity index (χ1v) is 10.3. The third-order valence-corrected chi connectivity index (χ3v) is 5.80. The summed E-state index contributed by atoms with van der Waals surface area (Å²) in [4.78, 5) is 12.2. The zero-order chi connectivity index (χ0) is 19.3. The zero-order valence-electron chi connectivity index (χ0n) is 14.7. The second-order valence-corrected chi connectivity index (χ2v) is 8.30. The van der Waals surface area contributed by atoms with Crippen molar-refractivity contribution in [2.45, 2.75) is 31.2 Å². The van der Waals surface area contributed by atoms with Gasteiger partial charge in [-0.15, -0.1) is 0 Å². The van der Waals surface area contributed by atoms with Gasteiger partial charge < -0.3 is 10.1 Å². The number of hydrogen-bond donors (Lipinski definition) is 2. The van der Waals surface area contributed by atoms with Crippen LogP contribution in [0.3, 0.4) is 0 Å². The minimum atomic E-state index is -3.83. The van der Waals surface area contributed by atoms with Gasteiger partial charge in [-0.1, -0.05) is 13.0 Å². The van der Waals surface area contributed by atoms with Crippen LogP contribution < -0.4 is 14.8 Å². The van der Waals surface area contributed by atoms with E-state index in [1.807, 2.05) is 13.8 Å². The largest absolute Gasteiger partial charge is 0.496 e. The van der Waals surface area contributed by atoms with Gasteiger partial charge in [0.1, 0.15) is 5.75 Å². The minimum Gasteiger partial charge on any atom is -0.496 e. The molecule has 1 amide bonds. The van der Waals surface area contributed by atoms with Crippen LogP contribution in [0.4, 0.5) is 5.69 Å². The first-order valence-electron chi connectivity index (χ1n) is 8.04. The van der Waals surface area contributed by atoms with E-state index >= 15 is 0 Å². The van der Waals surface area contributed by atoms with Gasteiger partial charge in [-0.2, -0.15) is 0 Å². The Morgan fingerprint density at radius 3 is 2.58 bits per heavy atom. The minimum absolute atomic E-state index is 0.0116. The van der Waals surface area contributed by atoms with E-state index in [0.717, 1.165) is 6.42 Å². The number of ether oxygens (including phenoxy) is 1. The second-order valence-electron chi connectivity index (χ2n) is 5.77. The average molecular weight is 441 g/mol. The molecular weight excluding hydrogens is 420 g/mol. The highest BCUT2D eigenvalue weighted by molar-refractivity contribution is 9.10. The number of anilines is 1. The number of amides is 1. The first-order chi connectivity index (χ1) is 12.3. The molecule has 0 saturated carbocycles. The molecule has 2 aromatic rings. The van der Waals surface area contributed by atoms with Crippen molar-refractivity contribution in [3.63, 3.8) is 0 Å². The number of rotatable bonds is 7. The Morgan fingerprint density at radius 2 is 1.96 bits per heavy atom. The standard InChI is InChI=1S/C18H21BrN2O4S/c1-4-12(2)20-18(22)13-6-5-7-15(10-13)26(23,24)21-14-8-9-17(25-3)16(19)11-14/h5-12,21H,4H2,1-3H3,(H,20,22)/t12-/m0/s1. The predicted molar refractivity (Wildman–Crippen MR) is 105 cm³/mol. The van der Waals surface area contributed by atoms with Gasteiger partial charge >= 0.3 is 0 Å². The van der Waals surface area contributed by atoms with Crippen molar-refractivity contribution in [2.24, 2.45) is 0 Å². The van der Waals surface area contributed by atoms with Crippen LogP contribution in [0.15, 0.2) is 51.8 Å². The SMILES string of the molecule is CC[C@H](C)NC(=O)c1cccc(S(=O)(=O)Nc2ccc(OC)c(Br)c2)c1. The number of carbonyl (C=O) groups is 1. The Bertz CT molecular complexity index is 900. The van der Waals surface area contributed by atoms with E-state index in [9.17, 15) is 13.2 Å². The van der Waals surface area contributed by atoms with Crippen molar-refractivity contribution in [1.29, 1.82) is 0 Å². The quantitative estimate of drug-likeness (QED) is 0.685. The highest BCUT2D eigenvalue weighted by Gasteiger charge is 2.17. The lowest BCUT2D eigenvalue weighted by Crippen LogP contribution is -2.32. The van der Waals surface area contributed by atoms with E-state index in [2.05, 4.69) is 26.0 Å². The molecule has 6 nitrogen and oxygen atoms in total. The van der Waals surface area contributed by atoms with Crippen LogP contribution in [0.5, 0.6) is 5.75 Å². The third-order valence-electron chi connectivity index (χ3n) is 3.80. The molecule has 140 valence electrons. The third kappa shape index (κ3) is 4.98. The van der Waals surface area contributed by atoms with Crippen molar-refractivity contribution in [3.8, 4) is 5.75 Å². The Morgan fingerprint density at radius 1 is 1.23 bits per heavy atom. The van der Waals surface area contributed by atoms with Gasteiger partial charge in [0, 0.05) is 11.6 Å². The summed E-state index contributed by atoms with van der Waals surface area (Å²) in [5.74, 6) is 0.292. The van der Waals surface area contributed by atoms with E-state index in [1.54, 1.807) is 30.3 Å². The molecule has 1 atom stereocenters. The summed E-state index contributed by atoms with van der Waals surface area (Å²) >= 11 is 3.32. The molecule has 0 unspecified atom stereocenters. The summed E-state index contributed by atoms with van der Waals surface area (Å²) in [6.07, 6.45) is 0.789. The first kappa shape index (κ1) is 20.3. The molecule has 0 saturated heterocycles. The zero-order valence-corrected chi connectivity index (χ0v) is 17.1. The van der Waals surface area contributed by atoms with Gasteiger partial charge in [-0.25, -0.2) is 8.42 Å². The fraction of sp³-hybridized carbons (Fsp3) is 0.278. The average Bonchev–Trinajstić information content (AvgIpc) is 2.61. The summed E-state index contributed by atoms with van der Waals surface area (Å²) in [6.45, 7) is 3.85. The predicted octanol–water partition coefficient (Wildman–Crippen LogP) is 3.79. The van der Waals surface area contributed by atoms with Crippen LogP contribution in [0.25, 0.3) is 0 Å². The summed E-state index contributed by atoms with van der Waals surface area (Å²) in [7, 11) is -2.30. The molecule has 26 heavy (non-hydrogen) atoms. The Balaban J connectivity index is 2.25. The number of methoxy groups -OCH3 is 1. The molecule has 2 rings (SSSR count). The molecule has 0 fully saturated rings. The van der Waals surface area contributed by atoms with Gasteiger partial charge in [0.05, 0.1) is 22.2 Å². The molecule has 0 aliphatic heterocycles. The molecule has 0 spiro atoms. The Labute approximate surface area is 162 Å². The molecule has 0 radical (unpaired) electrons. The lowest BCUT2D eigenvalue weighted by atomic mass is 10.2. The summed E-state index contributed by atoms with van der Waals surface area (Å²) < 4.78 is 33.5. The van der Waals surface area contributed by atoms with Crippen LogP contribution >= 0.6 is 15.9 Å². The lowest BCUT2D eigenvalue weighted by Gasteiger charge is -2.13. The van der Waals surface area contributed by atoms with Crippen molar-refractivity contribution in [1.82, 2.24) is 5.32 Å². The molecule has 2 N–H and O–H groups in total. The second kappa shape index (κ2) is 8.55. The summed E-state index contributed by atoms with van der Waals surface area (Å²) in [5, 5.41) is 2.82. The molecule has 0 bridgehead atoms. The van der Waals surface area contributed by atoms with Crippen molar-refractivity contribution >= 4 is 37.5 Å². The van der Waals surface area contributed by atoms with E-state index in [0.29, 0.717) is 21.5 Å². The maximum Gasteiger partial charge on any atom is 0.261 e. The molecule has 0 aromatic heterocycles. The van der Waals surface area contributed by atoms with Gasteiger partial charge in [-0.05, 0) is 65.7 Å². The molecule has 0 aliphatic rings. The van der Waals surface area contributed by atoms with Crippen LogP contribution in [-0.4, -0.2) is 27.5 Å². The van der Waals surface area contributed by atoms with Crippen molar-refractivity contribution < 1.29 is 17.9 Å². The van der Waals surface area contributed by atoms with E-state index in [1.165, 1.54) is 19.2 Å². The normalized spacial score (nSPS) is 12.3. The molecular formula is C18H21BrN2O4S. The van der Waals surface area contributed by atoms with E-state index < -0.39 is 10.0 Å². The molecule has 8 heteroatoms. The van der Waals surface area contributed by atoms with Gasteiger partial charge in [0.2, 0.25) is 0 Å². The maximum atomic E-state index is 12.6. The fourth-order valence-corrected chi connectivity index (χ4v) is 3.79. The van der Waals surface area contributed by atoms with E-state index in [-0.39, 0.29) is 16.8 Å².